The van der Waals surface area contributed by atoms with E-state index in [9.17, 15) is 14.0 Å². The van der Waals surface area contributed by atoms with E-state index in [2.05, 4.69) is 5.32 Å². The lowest BCUT2D eigenvalue weighted by Gasteiger charge is -2.18. The molecule has 1 N–H and O–H groups in total. The van der Waals surface area contributed by atoms with Gasteiger partial charge in [0, 0.05) is 0 Å². The van der Waals surface area contributed by atoms with E-state index in [0.717, 1.165) is 0 Å². The maximum Gasteiger partial charge on any atom is 0.339 e. The Bertz CT molecular complexity index is 715. The molecule has 0 aliphatic heterocycles. The average molecular weight is 331 g/mol. The number of carbonyl (C=O) groups excluding carboxylic acids is 2. The molecule has 126 valence electrons. The summed E-state index contributed by atoms with van der Waals surface area (Å²) in [6.07, 6.45) is -0.370. The molecule has 2 rings (SSSR count). The number of esters is 1. The number of ether oxygens (including phenoxy) is 2. The lowest BCUT2D eigenvalue weighted by Crippen LogP contribution is -2.33. The van der Waals surface area contributed by atoms with Crippen LogP contribution in [0.3, 0.4) is 0 Å². The quantitative estimate of drug-likeness (QED) is 0.824. The first-order valence-electron chi connectivity index (χ1n) is 7.45. The minimum Gasteiger partial charge on any atom is -0.481 e. The lowest BCUT2D eigenvalue weighted by molar-refractivity contribution is -0.122. The highest BCUT2D eigenvalue weighted by Gasteiger charge is 2.21. The summed E-state index contributed by atoms with van der Waals surface area (Å²) in [5, 5.41) is 2.67. The smallest absolute Gasteiger partial charge is 0.339 e. The molecule has 0 radical (unpaired) electrons. The summed E-state index contributed by atoms with van der Waals surface area (Å²) in [5.74, 6) is -0.942. The van der Waals surface area contributed by atoms with Crippen molar-refractivity contribution in [2.24, 2.45) is 0 Å². The third-order valence-electron chi connectivity index (χ3n) is 3.35. The fourth-order valence-electron chi connectivity index (χ4n) is 2.09. The Morgan fingerprint density at radius 3 is 2.42 bits per heavy atom. The molecule has 0 aliphatic carbocycles. The van der Waals surface area contributed by atoms with E-state index in [4.69, 9.17) is 9.47 Å². The second-order valence-electron chi connectivity index (χ2n) is 5.00. The van der Waals surface area contributed by atoms with Gasteiger partial charge in [-0.3, -0.25) is 4.79 Å². The van der Waals surface area contributed by atoms with E-state index in [-0.39, 0.29) is 11.4 Å². The summed E-state index contributed by atoms with van der Waals surface area (Å²) in [5.41, 5.74) is 0.598. The molecule has 24 heavy (non-hydrogen) atoms. The van der Waals surface area contributed by atoms with E-state index in [1.165, 1.54) is 31.4 Å². The van der Waals surface area contributed by atoms with Crippen LogP contribution < -0.4 is 10.1 Å². The van der Waals surface area contributed by atoms with Crippen molar-refractivity contribution in [1.82, 2.24) is 0 Å². The van der Waals surface area contributed by atoms with Crippen LogP contribution >= 0.6 is 0 Å². The van der Waals surface area contributed by atoms with Gasteiger partial charge >= 0.3 is 5.97 Å². The van der Waals surface area contributed by atoms with Crippen molar-refractivity contribution in [3.63, 3.8) is 0 Å². The van der Waals surface area contributed by atoms with Crippen LogP contribution in [0.25, 0.3) is 0 Å². The van der Waals surface area contributed by atoms with Crippen LogP contribution in [-0.4, -0.2) is 25.1 Å². The molecular formula is C18H18FNO4. The summed E-state index contributed by atoms with van der Waals surface area (Å²) < 4.78 is 23.2. The minimum absolute atomic E-state index is 0.255. The monoisotopic (exact) mass is 331 g/mol. The van der Waals surface area contributed by atoms with Crippen LogP contribution in [0.2, 0.25) is 0 Å². The molecule has 0 heterocycles. The van der Waals surface area contributed by atoms with Crippen molar-refractivity contribution < 1.29 is 23.5 Å². The molecule has 1 atom stereocenters. The molecule has 0 saturated heterocycles. The summed E-state index contributed by atoms with van der Waals surface area (Å²) in [7, 11) is 1.27. The highest BCUT2D eigenvalue weighted by molar-refractivity contribution is 6.02. The minimum atomic E-state index is -0.777. The van der Waals surface area contributed by atoms with Gasteiger partial charge in [-0.2, -0.15) is 0 Å². The van der Waals surface area contributed by atoms with Gasteiger partial charge in [-0.1, -0.05) is 19.1 Å². The first-order valence-corrected chi connectivity index (χ1v) is 7.45. The molecule has 0 aromatic heterocycles. The van der Waals surface area contributed by atoms with Gasteiger partial charge in [-0.05, 0) is 42.8 Å². The van der Waals surface area contributed by atoms with Gasteiger partial charge < -0.3 is 14.8 Å². The largest absolute Gasteiger partial charge is 0.481 e. The third kappa shape index (κ3) is 4.32. The molecule has 5 nitrogen and oxygen atoms in total. The number of nitrogens with one attached hydrogen (secondary N) is 1. The fraction of sp³-hybridized carbons (Fsp3) is 0.222. The number of para-hydroxylation sites is 1. The number of benzene rings is 2. The van der Waals surface area contributed by atoms with E-state index in [1.807, 2.05) is 0 Å². The zero-order chi connectivity index (χ0) is 17.5. The van der Waals surface area contributed by atoms with Crippen LogP contribution in [0.15, 0.2) is 48.5 Å². The molecule has 2 aromatic rings. The number of hydrogen-bond acceptors (Lipinski definition) is 4. The highest BCUT2D eigenvalue weighted by Crippen LogP contribution is 2.19. The number of methoxy groups -OCH3 is 1. The topological polar surface area (TPSA) is 64.6 Å². The van der Waals surface area contributed by atoms with Gasteiger partial charge in [0.15, 0.2) is 6.10 Å². The normalized spacial score (nSPS) is 11.5. The molecule has 0 bridgehead atoms. The Balaban J connectivity index is 2.12. The average Bonchev–Trinajstić information content (AvgIpc) is 2.61. The Morgan fingerprint density at radius 1 is 1.12 bits per heavy atom. The number of rotatable bonds is 6. The standard InChI is InChI=1S/C18H18FNO4/c1-3-16(24-13-10-8-12(19)9-11-13)17(21)20-15-7-5-4-6-14(15)18(22)23-2/h4-11,16H,3H2,1-2H3,(H,20,21)/t16-/m0/s1. The van der Waals surface area contributed by atoms with Gasteiger partial charge in [-0.15, -0.1) is 0 Å². The Kier molecular flexibility index (Phi) is 5.89. The lowest BCUT2D eigenvalue weighted by atomic mass is 10.1. The van der Waals surface area contributed by atoms with Gasteiger partial charge in [-0.25, -0.2) is 9.18 Å². The molecule has 6 heteroatoms. The number of carbonyl (C=O) groups is 2. The van der Waals surface area contributed by atoms with E-state index in [1.54, 1.807) is 31.2 Å². The van der Waals surface area contributed by atoms with Gasteiger partial charge in [0.1, 0.15) is 11.6 Å². The second kappa shape index (κ2) is 8.10. The molecule has 2 aromatic carbocycles. The number of amides is 1. The molecule has 0 fully saturated rings. The van der Waals surface area contributed by atoms with E-state index in [0.29, 0.717) is 17.9 Å². The summed E-state index contributed by atoms with van der Waals surface area (Å²) in [4.78, 5) is 24.2. The number of hydrogen-bond donors (Lipinski definition) is 1. The maximum atomic E-state index is 12.9. The molecule has 0 unspecified atom stereocenters. The third-order valence-corrected chi connectivity index (χ3v) is 3.35. The summed E-state index contributed by atoms with van der Waals surface area (Å²) >= 11 is 0. The molecule has 0 saturated carbocycles. The fourth-order valence-corrected chi connectivity index (χ4v) is 2.09. The first kappa shape index (κ1) is 17.5. The highest BCUT2D eigenvalue weighted by atomic mass is 19.1. The van der Waals surface area contributed by atoms with Crippen molar-refractivity contribution in [1.29, 1.82) is 0 Å². The number of halogens is 1. The number of anilines is 1. The van der Waals surface area contributed by atoms with Crippen molar-refractivity contribution >= 4 is 17.6 Å². The summed E-state index contributed by atoms with van der Waals surface area (Å²) in [6.45, 7) is 1.79. The Labute approximate surface area is 139 Å². The van der Waals surface area contributed by atoms with Crippen molar-refractivity contribution in [2.45, 2.75) is 19.4 Å². The van der Waals surface area contributed by atoms with Crippen molar-refractivity contribution in [3.8, 4) is 5.75 Å². The predicted octanol–water partition coefficient (Wildman–Crippen LogP) is 3.41. The van der Waals surface area contributed by atoms with Crippen LogP contribution in [0.1, 0.15) is 23.7 Å². The Hall–Kier alpha value is -2.89. The van der Waals surface area contributed by atoms with E-state index < -0.39 is 18.0 Å². The van der Waals surface area contributed by atoms with Crippen LogP contribution in [0, 0.1) is 5.82 Å². The zero-order valence-electron chi connectivity index (χ0n) is 13.4. The molecular weight excluding hydrogens is 313 g/mol. The zero-order valence-corrected chi connectivity index (χ0v) is 13.4. The molecule has 0 spiro atoms. The second-order valence-corrected chi connectivity index (χ2v) is 5.00. The van der Waals surface area contributed by atoms with Gasteiger partial charge in [0.25, 0.3) is 5.91 Å². The van der Waals surface area contributed by atoms with Crippen LogP contribution in [-0.2, 0) is 9.53 Å². The first-order chi connectivity index (χ1) is 11.5. The van der Waals surface area contributed by atoms with E-state index >= 15 is 0 Å². The van der Waals surface area contributed by atoms with Gasteiger partial charge in [0.05, 0.1) is 18.4 Å². The molecule has 1 amide bonds. The summed E-state index contributed by atoms with van der Waals surface area (Å²) in [6, 6.07) is 12.0. The van der Waals surface area contributed by atoms with Crippen LogP contribution in [0.4, 0.5) is 10.1 Å². The maximum absolute atomic E-state index is 12.9. The van der Waals surface area contributed by atoms with Gasteiger partial charge in [0.2, 0.25) is 0 Å². The van der Waals surface area contributed by atoms with Crippen molar-refractivity contribution in [3.05, 3.63) is 59.9 Å². The SMILES string of the molecule is CC[C@H](Oc1ccc(F)cc1)C(=O)Nc1ccccc1C(=O)OC. The Morgan fingerprint density at radius 2 is 1.79 bits per heavy atom. The van der Waals surface area contributed by atoms with Crippen LogP contribution in [0.5, 0.6) is 5.75 Å². The predicted molar refractivity (Wildman–Crippen MR) is 87.5 cm³/mol. The molecule has 0 aliphatic rings. The van der Waals surface area contributed by atoms with Crippen molar-refractivity contribution in [2.75, 3.05) is 12.4 Å².